The van der Waals surface area contributed by atoms with Crippen molar-refractivity contribution in [3.8, 4) is 0 Å². The van der Waals surface area contributed by atoms with E-state index in [1.54, 1.807) is 0 Å². The van der Waals surface area contributed by atoms with Crippen molar-refractivity contribution in [2.24, 2.45) is 0 Å². The van der Waals surface area contributed by atoms with Crippen molar-refractivity contribution in [1.82, 2.24) is 14.8 Å². The Balaban J connectivity index is 1.82. The molecule has 4 nitrogen and oxygen atoms in total. The lowest BCUT2D eigenvalue weighted by molar-refractivity contribution is 0.0780. The molecule has 0 radical (unpaired) electrons. The van der Waals surface area contributed by atoms with Crippen molar-refractivity contribution in [2.45, 2.75) is 44.6 Å². The standard InChI is InChI=1S/C11H17N3O/c1-2-6-14-10(5-1)12-11(13-14)9-4-3-7-15-8-9/h9H,1-8H2. The number of nitrogens with zero attached hydrogens (tertiary/aromatic N) is 3. The zero-order valence-electron chi connectivity index (χ0n) is 8.98. The molecule has 82 valence electrons. The molecule has 1 saturated heterocycles. The number of hydrogen-bond acceptors (Lipinski definition) is 3. The van der Waals surface area contributed by atoms with Crippen molar-refractivity contribution >= 4 is 0 Å². The molecule has 0 aliphatic carbocycles. The van der Waals surface area contributed by atoms with Crippen LogP contribution in [0.2, 0.25) is 0 Å². The number of hydrogen-bond donors (Lipinski definition) is 0. The van der Waals surface area contributed by atoms with Crippen LogP contribution >= 0.6 is 0 Å². The maximum Gasteiger partial charge on any atom is 0.156 e. The van der Waals surface area contributed by atoms with Crippen molar-refractivity contribution in [3.63, 3.8) is 0 Å². The maximum atomic E-state index is 5.48. The van der Waals surface area contributed by atoms with E-state index in [1.165, 1.54) is 25.1 Å². The van der Waals surface area contributed by atoms with Gasteiger partial charge in [-0.2, -0.15) is 5.10 Å². The third-order valence-electron chi connectivity index (χ3n) is 3.31. The van der Waals surface area contributed by atoms with E-state index in [0.29, 0.717) is 5.92 Å². The summed E-state index contributed by atoms with van der Waals surface area (Å²) in [5.41, 5.74) is 0. The number of rotatable bonds is 1. The SMILES string of the molecule is C1CCn2nc(C3CCCOC3)nc2C1. The molecule has 1 aromatic heterocycles. The van der Waals surface area contributed by atoms with Crippen molar-refractivity contribution in [1.29, 1.82) is 0 Å². The van der Waals surface area contributed by atoms with Gasteiger partial charge < -0.3 is 4.74 Å². The van der Waals surface area contributed by atoms with Gasteiger partial charge in [-0.15, -0.1) is 0 Å². The van der Waals surface area contributed by atoms with Gasteiger partial charge in [-0.3, -0.25) is 0 Å². The van der Waals surface area contributed by atoms with Gasteiger partial charge in [0, 0.05) is 25.5 Å². The molecule has 3 rings (SSSR count). The minimum atomic E-state index is 0.442. The summed E-state index contributed by atoms with van der Waals surface area (Å²) < 4.78 is 7.57. The lowest BCUT2D eigenvalue weighted by Gasteiger charge is -2.18. The summed E-state index contributed by atoms with van der Waals surface area (Å²) in [6.45, 7) is 2.77. The zero-order valence-corrected chi connectivity index (χ0v) is 8.98. The van der Waals surface area contributed by atoms with E-state index in [0.717, 1.165) is 38.4 Å². The predicted octanol–water partition coefficient (Wildman–Crippen LogP) is 1.51. The molecule has 1 fully saturated rings. The van der Waals surface area contributed by atoms with Gasteiger partial charge in [0.15, 0.2) is 5.82 Å². The molecule has 2 aliphatic rings. The Bertz CT molecular complexity index is 318. The molecule has 1 unspecified atom stereocenters. The monoisotopic (exact) mass is 207 g/mol. The normalized spacial score (nSPS) is 26.3. The minimum Gasteiger partial charge on any atom is -0.381 e. The van der Waals surface area contributed by atoms with Gasteiger partial charge in [0.25, 0.3) is 0 Å². The van der Waals surface area contributed by atoms with Crippen LogP contribution in [0.5, 0.6) is 0 Å². The lowest BCUT2D eigenvalue weighted by atomic mass is 10.0. The second-order valence-corrected chi connectivity index (χ2v) is 4.48. The Kier molecular flexibility index (Phi) is 2.44. The number of fused-ring (bicyclic) bond motifs is 1. The Morgan fingerprint density at radius 1 is 1.27 bits per heavy atom. The fourth-order valence-electron chi connectivity index (χ4n) is 2.42. The Morgan fingerprint density at radius 2 is 2.27 bits per heavy atom. The van der Waals surface area contributed by atoms with E-state index in [1.807, 2.05) is 0 Å². The molecule has 0 spiro atoms. The Labute approximate surface area is 89.6 Å². The van der Waals surface area contributed by atoms with Crippen LogP contribution in [-0.2, 0) is 17.7 Å². The summed E-state index contributed by atoms with van der Waals surface area (Å²) >= 11 is 0. The lowest BCUT2D eigenvalue weighted by Crippen LogP contribution is -2.17. The van der Waals surface area contributed by atoms with E-state index in [-0.39, 0.29) is 0 Å². The smallest absolute Gasteiger partial charge is 0.156 e. The van der Waals surface area contributed by atoms with Gasteiger partial charge in [0.05, 0.1) is 6.61 Å². The topological polar surface area (TPSA) is 39.9 Å². The van der Waals surface area contributed by atoms with Gasteiger partial charge in [-0.05, 0) is 25.7 Å². The Hall–Kier alpha value is -0.900. The molecular weight excluding hydrogens is 190 g/mol. The number of aryl methyl sites for hydroxylation is 2. The van der Waals surface area contributed by atoms with Gasteiger partial charge in [0.2, 0.25) is 0 Å². The summed E-state index contributed by atoms with van der Waals surface area (Å²) in [5, 5.41) is 4.60. The molecule has 0 N–H and O–H groups in total. The largest absolute Gasteiger partial charge is 0.381 e. The van der Waals surface area contributed by atoms with Crippen LogP contribution < -0.4 is 0 Å². The van der Waals surface area contributed by atoms with Crippen LogP contribution in [0.25, 0.3) is 0 Å². The van der Waals surface area contributed by atoms with Crippen LogP contribution in [-0.4, -0.2) is 28.0 Å². The second-order valence-electron chi connectivity index (χ2n) is 4.48. The molecule has 2 aliphatic heterocycles. The highest BCUT2D eigenvalue weighted by atomic mass is 16.5. The quantitative estimate of drug-likeness (QED) is 0.700. The molecule has 3 heterocycles. The first-order chi connectivity index (χ1) is 7.43. The summed E-state index contributed by atoms with van der Waals surface area (Å²) in [7, 11) is 0. The average molecular weight is 207 g/mol. The predicted molar refractivity (Wildman–Crippen MR) is 55.8 cm³/mol. The Morgan fingerprint density at radius 3 is 3.07 bits per heavy atom. The molecule has 1 aromatic rings. The highest BCUT2D eigenvalue weighted by Crippen LogP contribution is 2.24. The average Bonchev–Trinajstić information content (AvgIpc) is 2.74. The molecule has 15 heavy (non-hydrogen) atoms. The van der Waals surface area contributed by atoms with Crippen LogP contribution in [0.15, 0.2) is 0 Å². The fraction of sp³-hybridized carbons (Fsp3) is 0.818. The van der Waals surface area contributed by atoms with Crippen molar-refractivity contribution in [2.75, 3.05) is 13.2 Å². The molecule has 0 aromatic carbocycles. The minimum absolute atomic E-state index is 0.442. The van der Waals surface area contributed by atoms with Crippen LogP contribution in [0.3, 0.4) is 0 Å². The van der Waals surface area contributed by atoms with Crippen LogP contribution in [0.4, 0.5) is 0 Å². The number of aromatic nitrogens is 3. The first-order valence-electron chi connectivity index (χ1n) is 5.95. The first kappa shape index (κ1) is 9.33. The molecule has 0 saturated carbocycles. The van der Waals surface area contributed by atoms with E-state index < -0.39 is 0 Å². The zero-order chi connectivity index (χ0) is 10.1. The first-order valence-corrected chi connectivity index (χ1v) is 5.95. The van der Waals surface area contributed by atoms with Gasteiger partial charge >= 0.3 is 0 Å². The van der Waals surface area contributed by atoms with Crippen LogP contribution in [0, 0.1) is 0 Å². The summed E-state index contributed by atoms with van der Waals surface area (Å²) in [5.74, 6) is 2.64. The fourth-order valence-corrected chi connectivity index (χ4v) is 2.42. The maximum absolute atomic E-state index is 5.48. The molecule has 4 heteroatoms. The van der Waals surface area contributed by atoms with E-state index >= 15 is 0 Å². The second kappa shape index (κ2) is 3.93. The molecule has 0 bridgehead atoms. The summed E-state index contributed by atoms with van der Waals surface area (Å²) in [6, 6.07) is 0. The van der Waals surface area contributed by atoms with Gasteiger partial charge in [0.1, 0.15) is 5.82 Å². The summed E-state index contributed by atoms with van der Waals surface area (Å²) in [4.78, 5) is 4.65. The molecule has 0 amide bonds. The van der Waals surface area contributed by atoms with Crippen molar-refractivity contribution in [3.05, 3.63) is 11.6 Å². The third-order valence-corrected chi connectivity index (χ3v) is 3.31. The highest BCUT2D eigenvalue weighted by molar-refractivity contribution is 5.02. The van der Waals surface area contributed by atoms with Crippen molar-refractivity contribution < 1.29 is 4.74 Å². The molecular formula is C11H17N3O. The van der Waals surface area contributed by atoms with Crippen LogP contribution in [0.1, 0.15) is 43.3 Å². The molecule has 1 atom stereocenters. The van der Waals surface area contributed by atoms with E-state index in [9.17, 15) is 0 Å². The highest BCUT2D eigenvalue weighted by Gasteiger charge is 2.22. The van der Waals surface area contributed by atoms with E-state index in [2.05, 4.69) is 14.8 Å². The third kappa shape index (κ3) is 1.78. The van der Waals surface area contributed by atoms with E-state index in [4.69, 9.17) is 4.74 Å². The van der Waals surface area contributed by atoms with Gasteiger partial charge in [-0.1, -0.05) is 0 Å². The number of ether oxygens (including phenoxy) is 1. The van der Waals surface area contributed by atoms with Gasteiger partial charge in [-0.25, -0.2) is 9.67 Å². The summed E-state index contributed by atoms with van der Waals surface area (Å²) in [6.07, 6.45) is 5.94.